The van der Waals surface area contributed by atoms with Crippen LogP contribution in [0.3, 0.4) is 0 Å². The minimum absolute atomic E-state index is 0.0905. The fourth-order valence-corrected chi connectivity index (χ4v) is 7.68. The lowest BCUT2D eigenvalue weighted by Gasteiger charge is -2.42. The van der Waals surface area contributed by atoms with Crippen molar-refractivity contribution in [1.82, 2.24) is 4.98 Å². The van der Waals surface area contributed by atoms with E-state index in [4.69, 9.17) is 9.40 Å². The molecule has 0 radical (unpaired) electrons. The highest BCUT2D eigenvalue weighted by atomic mass is 16.3. The molecule has 1 aliphatic rings. The third kappa shape index (κ3) is 3.71. The highest BCUT2D eigenvalue weighted by Crippen LogP contribution is 2.51. The zero-order chi connectivity index (χ0) is 29.9. The minimum atomic E-state index is 0.0905. The number of aromatic nitrogens is 2. The van der Waals surface area contributed by atoms with Crippen molar-refractivity contribution in [2.75, 3.05) is 0 Å². The average Bonchev–Trinajstić information content (AvgIpc) is 3.29. The summed E-state index contributed by atoms with van der Waals surface area (Å²) in [6, 6.07) is 16.2. The standard InChI is InChI=1S/C39H43N2O/c1-21(2)25-11-12-27-26(20-25)15-18-41(10)35(27)31-23(4)22(3)19-29-33-28-13-14-30-34(39(8,9)17-16-38(30,6)7)32(28)24(5)40-37(33)42-36(29)31/h11-15,18-21H,16-17H2,1-10H3/q+1. The van der Waals surface area contributed by atoms with Crippen molar-refractivity contribution in [3.8, 4) is 11.3 Å². The molecule has 0 bridgehead atoms. The molecule has 0 unspecified atom stereocenters. The summed E-state index contributed by atoms with van der Waals surface area (Å²) in [6.45, 7) is 20.8. The molecule has 0 saturated carbocycles. The van der Waals surface area contributed by atoms with Crippen LogP contribution in [0.25, 0.3) is 54.9 Å². The first kappa shape index (κ1) is 27.1. The molecule has 3 aromatic carbocycles. The van der Waals surface area contributed by atoms with Crippen LogP contribution < -0.4 is 4.57 Å². The molecule has 3 heterocycles. The van der Waals surface area contributed by atoms with E-state index in [1.54, 1.807) is 0 Å². The first-order valence-corrected chi connectivity index (χ1v) is 15.5. The molecular formula is C39H43N2O+. The second kappa shape index (κ2) is 8.89. The van der Waals surface area contributed by atoms with E-state index in [9.17, 15) is 0 Å². The van der Waals surface area contributed by atoms with Crippen molar-refractivity contribution < 1.29 is 8.98 Å². The number of nitrogens with zero attached hydrogens (tertiary/aromatic N) is 2. The highest BCUT2D eigenvalue weighted by Gasteiger charge is 2.39. The largest absolute Gasteiger partial charge is 0.437 e. The topological polar surface area (TPSA) is 29.9 Å². The van der Waals surface area contributed by atoms with E-state index in [2.05, 4.69) is 123 Å². The Balaban J connectivity index is 1.63. The molecule has 0 saturated heterocycles. The number of pyridine rings is 2. The molecule has 42 heavy (non-hydrogen) atoms. The lowest BCUT2D eigenvalue weighted by molar-refractivity contribution is -0.659. The maximum atomic E-state index is 6.84. The molecule has 0 aliphatic heterocycles. The maximum Gasteiger partial charge on any atom is 0.228 e. The van der Waals surface area contributed by atoms with Gasteiger partial charge >= 0.3 is 0 Å². The van der Waals surface area contributed by atoms with Crippen LogP contribution in [0, 0.1) is 20.8 Å². The number of hydrogen-bond acceptors (Lipinski definition) is 2. The molecule has 1 aliphatic carbocycles. The SMILES string of the molecule is Cc1cc2c(oc3nc(C)c4c5c(ccc4c32)C(C)(C)CCC5(C)C)c(-c2c3ccc(C(C)C)cc3cc[n+]2C)c1C. The summed E-state index contributed by atoms with van der Waals surface area (Å²) in [5.41, 5.74) is 12.1. The van der Waals surface area contributed by atoms with Gasteiger partial charge in [0.05, 0.1) is 16.3 Å². The van der Waals surface area contributed by atoms with E-state index in [0.717, 1.165) is 27.8 Å². The Kier molecular flexibility index (Phi) is 5.75. The van der Waals surface area contributed by atoms with Crippen molar-refractivity contribution >= 4 is 43.6 Å². The maximum absolute atomic E-state index is 6.84. The van der Waals surface area contributed by atoms with Crippen LogP contribution in [-0.4, -0.2) is 4.98 Å². The van der Waals surface area contributed by atoms with Gasteiger partial charge in [0.1, 0.15) is 7.05 Å². The summed E-state index contributed by atoms with van der Waals surface area (Å²) < 4.78 is 9.09. The molecule has 0 atom stereocenters. The summed E-state index contributed by atoms with van der Waals surface area (Å²) in [5, 5.41) is 7.38. The molecule has 0 amide bonds. The van der Waals surface area contributed by atoms with Crippen LogP contribution in [0.2, 0.25) is 0 Å². The van der Waals surface area contributed by atoms with Gasteiger partial charge < -0.3 is 4.42 Å². The van der Waals surface area contributed by atoms with E-state index in [-0.39, 0.29) is 10.8 Å². The van der Waals surface area contributed by atoms with Gasteiger partial charge in [0, 0.05) is 22.5 Å². The van der Waals surface area contributed by atoms with E-state index in [1.165, 1.54) is 73.5 Å². The lowest BCUT2D eigenvalue weighted by Crippen LogP contribution is -2.34. The molecule has 3 nitrogen and oxygen atoms in total. The Morgan fingerprint density at radius 1 is 0.833 bits per heavy atom. The fourth-order valence-electron chi connectivity index (χ4n) is 7.68. The van der Waals surface area contributed by atoms with E-state index >= 15 is 0 Å². The molecule has 214 valence electrons. The average molecular weight is 556 g/mol. The summed E-state index contributed by atoms with van der Waals surface area (Å²) in [7, 11) is 2.15. The van der Waals surface area contributed by atoms with Crippen LogP contribution in [0.15, 0.2) is 53.1 Å². The van der Waals surface area contributed by atoms with E-state index < -0.39 is 0 Å². The van der Waals surface area contributed by atoms with Crippen LogP contribution in [0.1, 0.15) is 93.8 Å². The molecule has 3 heteroatoms. The highest BCUT2D eigenvalue weighted by molar-refractivity contribution is 6.21. The third-order valence-corrected chi connectivity index (χ3v) is 10.4. The Hall–Kier alpha value is -3.72. The minimum Gasteiger partial charge on any atom is -0.437 e. The van der Waals surface area contributed by atoms with Gasteiger partial charge in [-0.25, -0.2) is 9.55 Å². The van der Waals surface area contributed by atoms with Crippen molar-refractivity contribution in [2.24, 2.45) is 7.05 Å². The lowest BCUT2D eigenvalue weighted by atomic mass is 9.62. The zero-order valence-electron chi connectivity index (χ0n) is 26.9. The zero-order valence-corrected chi connectivity index (χ0v) is 26.9. The quantitative estimate of drug-likeness (QED) is 0.199. The Labute approximate surface area is 249 Å². The number of fused-ring (bicyclic) bond motifs is 8. The van der Waals surface area contributed by atoms with Gasteiger partial charge in [0.25, 0.3) is 0 Å². The summed E-state index contributed by atoms with van der Waals surface area (Å²) in [5.74, 6) is 0.485. The van der Waals surface area contributed by atoms with Gasteiger partial charge in [-0.15, -0.1) is 0 Å². The van der Waals surface area contributed by atoms with Gasteiger partial charge in [-0.05, 0) is 101 Å². The van der Waals surface area contributed by atoms with Crippen molar-refractivity contribution in [3.63, 3.8) is 0 Å². The number of furan rings is 1. The molecule has 6 aromatic rings. The second-order valence-corrected chi connectivity index (χ2v) is 14.5. The summed E-state index contributed by atoms with van der Waals surface area (Å²) >= 11 is 0. The van der Waals surface area contributed by atoms with Gasteiger partial charge in [0.2, 0.25) is 11.4 Å². The van der Waals surface area contributed by atoms with Crippen molar-refractivity contribution in [3.05, 3.63) is 82.2 Å². The van der Waals surface area contributed by atoms with Crippen molar-refractivity contribution in [2.45, 2.75) is 91.9 Å². The normalized spacial score (nSPS) is 16.3. The first-order valence-electron chi connectivity index (χ1n) is 15.5. The fraction of sp³-hybridized carbons (Fsp3) is 0.385. The molecule has 7 rings (SSSR count). The summed E-state index contributed by atoms with van der Waals surface area (Å²) in [6.07, 6.45) is 4.56. The van der Waals surface area contributed by atoms with E-state index in [1.807, 2.05) is 0 Å². The smallest absolute Gasteiger partial charge is 0.228 e. The Bertz CT molecular complexity index is 2110. The van der Waals surface area contributed by atoms with Crippen LogP contribution >= 0.6 is 0 Å². The molecular weight excluding hydrogens is 512 g/mol. The van der Waals surface area contributed by atoms with Crippen LogP contribution in [-0.2, 0) is 17.9 Å². The van der Waals surface area contributed by atoms with Gasteiger partial charge in [-0.1, -0.05) is 65.8 Å². The molecule has 0 N–H and O–H groups in total. The number of hydrogen-bond donors (Lipinski definition) is 0. The predicted molar refractivity (Wildman–Crippen MR) is 177 cm³/mol. The summed E-state index contributed by atoms with van der Waals surface area (Å²) in [4.78, 5) is 5.20. The van der Waals surface area contributed by atoms with Gasteiger partial charge in [-0.2, -0.15) is 0 Å². The van der Waals surface area contributed by atoms with Gasteiger partial charge in [0.15, 0.2) is 11.8 Å². The second-order valence-electron chi connectivity index (χ2n) is 14.5. The first-order chi connectivity index (χ1) is 19.8. The number of rotatable bonds is 2. The molecule has 0 spiro atoms. The number of aryl methyl sites for hydroxylation is 3. The number of benzene rings is 3. The monoisotopic (exact) mass is 555 g/mol. The van der Waals surface area contributed by atoms with Crippen LogP contribution in [0.5, 0.6) is 0 Å². The molecule has 0 fully saturated rings. The Morgan fingerprint density at radius 3 is 2.29 bits per heavy atom. The van der Waals surface area contributed by atoms with E-state index in [0.29, 0.717) is 5.92 Å². The Morgan fingerprint density at radius 2 is 1.55 bits per heavy atom. The molecule has 3 aromatic heterocycles. The van der Waals surface area contributed by atoms with Crippen LogP contribution in [0.4, 0.5) is 0 Å². The third-order valence-electron chi connectivity index (χ3n) is 10.4. The van der Waals surface area contributed by atoms with Gasteiger partial charge in [-0.3, -0.25) is 0 Å². The predicted octanol–water partition coefficient (Wildman–Crippen LogP) is 10.2. The van der Waals surface area contributed by atoms with Crippen molar-refractivity contribution in [1.29, 1.82) is 0 Å².